The number of aliphatic imine (C=N–C) groups is 1. The highest BCUT2D eigenvalue weighted by Crippen LogP contribution is 2.13. The third-order valence-corrected chi connectivity index (χ3v) is 7.19. The fraction of sp³-hybridized carbons (Fsp3) is 0.632. The van der Waals surface area contributed by atoms with Crippen LogP contribution in [0.4, 0.5) is 0 Å². The van der Waals surface area contributed by atoms with E-state index in [0.717, 1.165) is 17.1 Å². The molecule has 1 aromatic carbocycles. The van der Waals surface area contributed by atoms with E-state index in [1.54, 1.807) is 23.1 Å². The van der Waals surface area contributed by atoms with Crippen LogP contribution in [-0.2, 0) is 21.4 Å². The Morgan fingerprint density at radius 3 is 2.59 bits per heavy atom. The molecule has 1 fully saturated rings. The third-order valence-electron chi connectivity index (χ3n) is 4.37. The molecular weight excluding hydrogens is 523 g/mol. The fourth-order valence-electron chi connectivity index (χ4n) is 2.75. The number of halogens is 1. The molecule has 1 heterocycles. The van der Waals surface area contributed by atoms with E-state index in [4.69, 9.17) is 4.74 Å². The molecule has 166 valence electrons. The van der Waals surface area contributed by atoms with Gasteiger partial charge in [0.1, 0.15) is 0 Å². The minimum Gasteiger partial charge on any atom is -0.376 e. The smallest absolute Gasteiger partial charge is 0.215 e. The van der Waals surface area contributed by atoms with Crippen LogP contribution in [0.2, 0.25) is 0 Å². The highest BCUT2D eigenvalue weighted by Gasteiger charge is 2.23. The zero-order chi connectivity index (χ0) is 20.2. The van der Waals surface area contributed by atoms with Crippen molar-refractivity contribution >= 4 is 51.7 Å². The van der Waals surface area contributed by atoms with Crippen LogP contribution >= 0.6 is 35.7 Å². The maximum Gasteiger partial charge on any atom is 0.215 e. The zero-order valence-corrected chi connectivity index (χ0v) is 21.1. The van der Waals surface area contributed by atoms with E-state index >= 15 is 0 Å². The number of nitrogens with one attached hydrogen (secondary N) is 2. The molecule has 1 aliphatic heterocycles. The fourth-order valence-corrected chi connectivity index (χ4v) is 5.25. The minimum absolute atomic E-state index is 0. The molecule has 1 saturated heterocycles. The van der Waals surface area contributed by atoms with Crippen molar-refractivity contribution in [3.05, 3.63) is 35.9 Å². The van der Waals surface area contributed by atoms with Crippen molar-refractivity contribution in [1.29, 1.82) is 0 Å². The molecule has 1 aliphatic rings. The largest absolute Gasteiger partial charge is 0.376 e. The maximum absolute atomic E-state index is 12.4. The van der Waals surface area contributed by atoms with Crippen LogP contribution in [0, 0.1) is 5.92 Å². The second-order valence-electron chi connectivity index (χ2n) is 6.81. The van der Waals surface area contributed by atoms with Crippen LogP contribution in [0.1, 0.15) is 12.5 Å². The normalized spacial score (nSPS) is 16.7. The molecule has 0 spiro atoms. The maximum atomic E-state index is 12.4. The van der Waals surface area contributed by atoms with Crippen LogP contribution in [-0.4, -0.2) is 75.8 Å². The summed E-state index contributed by atoms with van der Waals surface area (Å²) in [5, 5.41) is 6.32. The van der Waals surface area contributed by atoms with Crippen molar-refractivity contribution in [2.24, 2.45) is 10.9 Å². The van der Waals surface area contributed by atoms with Crippen molar-refractivity contribution in [3.63, 3.8) is 0 Å². The average molecular weight is 557 g/mol. The minimum atomic E-state index is -3.20. The Balaban J connectivity index is 0.00000420. The average Bonchev–Trinajstić information content (AvgIpc) is 2.72. The van der Waals surface area contributed by atoms with E-state index in [0.29, 0.717) is 51.3 Å². The second-order valence-corrected chi connectivity index (χ2v) is 10.1. The van der Waals surface area contributed by atoms with Gasteiger partial charge in [0.2, 0.25) is 10.0 Å². The molecule has 7 nitrogen and oxygen atoms in total. The van der Waals surface area contributed by atoms with Crippen LogP contribution in [0.15, 0.2) is 35.3 Å². The molecule has 1 unspecified atom stereocenters. The number of thioether (sulfide) groups is 1. The summed E-state index contributed by atoms with van der Waals surface area (Å²) in [5.74, 6) is 2.74. The zero-order valence-electron chi connectivity index (χ0n) is 17.2. The van der Waals surface area contributed by atoms with Crippen LogP contribution < -0.4 is 10.6 Å². The number of hydrogen-bond donors (Lipinski definition) is 2. The molecule has 0 aromatic heterocycles. The van der Waals surface area contributed by atoms with Gasteiger partial charge in [-0.1, -0.05) is 37.3 Å². The van der Waals surface area contributed by atoms with Crippen molar-refractivity contribution in [1.82, 2.24) is 14.9 Å². The second kappa shape index (κ2) is 14.4. The summed E-state index contributed by atoms with van der Waals surface area (Å²) in [6.45, 7) is 5.60. The monoisotopic (exact) mass is 556 g/mol. The first kappa shape index (κ1) is 26.5. The van der Waals surface area contributed by atoms with Crippen molar-refractivity contribution in [3.8, 4) is 0 Å². The summed E-state index contributed by atoms with van der Waals surface area (Å²) in [7, 11) is -1.52. The Morgan fingerprint density at radius 1 is 1.24 bits per heavy atom. The Bertz CT molecular complexity index is 699. The van der Waals surface area contributed by atoms with Gasteiger partial charge in [0, 0.05) is 44.7 Å². The van der Waals surface area contributed by atoms with E-state index in [2.05, 4.69) is 22.5 Å². The molecule has 1 atom stereocenters. The summed E-state index contributed by atoms with van der Waals surface area (Å²) < 4.78 is 32.1. The molecule has 0 bridgehead atoms. The number of rotatable bonds is 10. The van der Waals surface area contributed by atoms with Crippen molar-refractivity contribution in [2.45, 2.75) is 13.5 Å². The van der Waals surface area contributed by atoms with E-state index in [1.807, 2.05) is 30.3 Å². The van der Waals surface area contributed by atoms with Gasteiger partial charge < -0.3 is 15.4 Å². The topological polar surface area (TPSA) is 83.0 Å². The first-order chi connectivity index (χ1) is 13.5. The summed E-state index contributed by atoms with van der Waals surface area (Å²) in [6.07, 6.45) is 0. The number of hydrogen-bond acceptors (Lipinski definition) is 5. The van der Waals surface area contributed by atoms with Gasteiger partial charge >= 0.3 is 0 Å². The molecule has 0 amide bonds. The molecule has 0 saturated carbocycles. The Labute approximate surface area is 196 Å². The van der Waals surface area contributed by atoms with Gasteiger partial charge in [0.25, 0.3) is 0 Å². The van der Waals surface area contributed by atoms with Gasteiger partial charge in [-0.15, -0.1) is 24.0 Å². The van der Waals surface area contributed by atoms with E-state index < -0.39 is 10.0 Å². The summed E-state index contributed by atoms with van der Waals surface area (Å²) in [5.41, 5.74) is 1.16. The lowest BCUT2D eigenvalue weighted by atomic mass is 10.2. The first-order valence-corrected chi connectivity index (χ1v) is 12.4. The van der Waals surface area contributed by atoms with Gasteiger partial charge in [-0.2, -0.15) is 11.8 Å². The predicted molar refractivity (Wildman–Crippen MR) is 133 cm³/mol. The summed E-state index contributed by atoms with van der Waals surface area (Å²) in [4.78, 5) is 4.16. The molecular formula is C19H33IN4O3S2. The Kier molecular flexibility index (Phi) is 13.2. The highest BCUT2D eigenvalue weighted by molar-refractivity contribution is 14.0. The number of nitrogens with zero attached hydrogens (tertiary/aromatic N) is 2. The van der Waals surface area contributed by atoms with Gasteiger partial charge in [-0.25, -0.2) is 12.7 Å². The number of benzene rings is 1. The van der Waals surface area contributed by atoms with E-state index in [-0.39, 0.29) is 29.7 Å². The molecule has 2 rings (SSSR count). The van der Waals surface area contributed by atoms with Crippen LogP contribution in [0.5, 0.6) is 0 Å². The van der Waals surface area contributed by atoms with E-state index in [1.165, 1.54) is 0 Å². The number of ether oxygens (including phenoxy) is 1. The Morgan fingerprint density at radius 2 is 1.93 bits per heavy atom. The van der Waals surface area contributed by atoms with Gasteiger partial charge in [-0.3, -0.25) is 4.99 Å². The molecule has 0 aliphatic carbocycles. The van der Waals surface area contributed by atoms with Gasteiger partial charge in [0.05, 0.1) is 19.0 Å². The van der Waals surface area contributed by atoms with Crippen LogP contribution in [0.25, 0.3) is 0 Å². The molecule has 29 heavy (non-hydrogen) atoms. The quantitative estimate of drug-likeness (QED) is 0.261. The number of guanidine groups is 1. The molecule has 0 radical (unpaired) electrons. The lowest BCUT2D eigenvalue weighted by Gasteiger charge is -2.25. The van der Waals surface area contributed by atoms with Crippen LogP contribution in [0.3, 0.4) is 0 Å². The van der Waals surface area contributed by atoms with E-state index in [9.17, 15) is 8.42 Å². The van der Waals surface area contributed by atoms with Gasteiger partial charge in [0.15, 0.2) is 5.96 Å². The predicted octanol–water partition coefficient (Wildman–Crippen LogP) is 2.00. The Hall–Kier alpha value is -0.560. The first-order valence-electron chi connectivity index (χ1n) is 9.63. The van der Waals surface area contributed by atoms with Crippen molar-refractivity contribution < 1.29 is 13.2 Å². The molecule has 2 N–H and O–H groups in total. The highest BCUT2D eigenvalue weighted by atomic mass is 127. The van der Waals surface area contributed by atoms with Crippen molar-refractivity contribution in [2.75, 3.05) is 57.1 Å². The standard InChI is InChI=1S/C19H32N4O3S2.HI/c1-17(15-26-16-18-6-4-3-5-7-18)14-22-19(20-2)21-8-13-28(24,25)23-9-11-27-12-10-23;/h3-7,17H,8-16H2,1-2H3,(H2,20,21,22);1H. The lowest BCUT2D eigenvalue weighted by Crippen LogP contribution is -2.45. The number of sulfonamides is 1. The SMILES string of the molecule is CN=C(NCCS(=O)(=O)N1CCSCC1)NCC(C)COCc1ccccc1.I. The third kappa shape index (κ3) is 10.3. The van der Waals surface area contributed by atoms with Gasteiger partial charge in [-0.05, 0) is 11.5 Å². The molecule has 10 heteroatoms. The summed E-state index contributed by atoms with van der Waals surface area (Å²) >= 11 is 1.80. The lowest BCUT2D eigenvalue weighted by molar-refractivity contribution is 0.0931. The molecule has 1 aromatic rings. The summed E-state index contributed by atoms with van der Waals surface area (Å²) in [6, 6.07) is 10.1.